The third kappa shape index (κ3) is 3.41. The molecule has 1 atom stereocenters. The molecule has 0 bridgehead atoms. The third-order valence-electron chi connectivity index (χ3n) is 2.70. The quantitative estimate of drug-likeness (QED) is 0.942. The fourth-order valence-electron chi connectivity index (χ4n) is 1.78. The number of hydrogen-bond donors (Lipinski definition) is 1. The van der Waals surface area contributed by atoms with Crippen LogP contribution in [-0.2, 0) is 13.5 Å². The van der Waals surface area contributed by atoms with Gasteiger partial charge in [0.2, 0.25) is 0 Å². The van der Waals surface area contributed by atoms with E-state index >= 15 is 0 Å². The maximum absolute atomic E-state index is 10.1. The molecule has 0 radical (unpaired) electrons. The van der Waals surface area contributed by atoms with Gasteiger partial charge in [0.1, 0.15) is 0 Å². The summed E-state index contributed by atoms with van der Waals surface area (Å²) in [7, 11) is 1.90. The van der Waals surface area contributed by atoms with E-state index < -0.39 is 6.10 Å². The first-order valence-electron chi connectivity index (χ1n) is 5.56. The predicted octanol–water partition coefficient (Wildman–Crippen LogP) is 2.85. The summed E-state index contributed by atoms with van der Waals surface area (Å²) in [6.07, 6.45) is 4.94. The van der Waals surface area contributed by atoms with E-state index in [1.807, 2.05) is 43.7 Å². The van der Waals surface area contributed by atoms with E-state index in [0.717, 1.165) is 22.0 Å². The minimum Gasteiger partial charge on any atom is -0.388 e. The lowest BCUT2D eigenvalue weighted by molar-refractivity contribution is 0.168. The molecule has 0 spiro atoms. The minimum absolute atomic E-state index is 0.423. The van der Waals surface area contributed by atoms with E-state index in [0.29, 0.717) is 6.42 Å². The van der Waals surface area contributed by atoms with Gasteiger partial charge < -0.3 is 5.11 Å². The normalized spacial score (nSPS) is 12.6. The van der Waals surface area contributed by atoms with Gasteiger partial charge in [-0.15, -0.1) is 0 Å². The molecule has 0 fully saturated rings. The first-order valence-corrected chi connectivity index (χ1v) is 6.35. The number of rotatable bonds is 4. The molecule has 1 unspecified atom stereocenters. The molecule has 90 valence electrons. The highest BCUT2D eigenvalue weighted by atomic mass is 79.9. The van der Waals surface area contributed by atoms with Crippen LogP contribution in [0, 0.1) is 0 Å². The summed E-state index contributed by atoms with van der Waals surface area (Å²) >= 11 is 3.41. The van der Waals surface area contributed by atoms with Crippen LogP contribution in [0.5, 0.6) is 0 Å². The zero-order valence-corrected chi connectivity index (χ0v) is 11.3. The van der Waals surface area contributed by atoms with Crippen LogP contribution in [-0.4, -0.2) is 14.9 Å². The van der Waals surface area contributed by atoms with Crippen LogP contribution in [0.4, 0.5) is 0 Å². The smallest absolute Gasteiger partial charge is 0.0793 e. The molecule has 0 aliphatic heterocycles. The third-order valence-corrected chi connectivity index (χ3v) is 3.19. The van der Waals surface area contributed by atoms with E-state index in [1.54, 1.807) is 4.68 Å². The highest BCUT2D eigenvalue weighted by Crippen LogP contribution is 2.22. The summed E-state index contributed by atoms with van der Waals surface area (Å²) < 4.78 is 2.77. The maximum atomic E-state index is 10.1. The number of aromatic nitrogens is 2. The Morgan fingerprint density at radius 2 is 2.29 bits per heavy atom. The Hall–Kier alpha value is -1.13. The van der Waals surface area contributed by atoms with Crippen molar-refractivity contribution in [1.82, 2.24) is 9.78 Å². The highest BCUT2D eigenvalue weighted by molar-refractivity contribution is 9.10. The summed E-state index contributed by atoms with van der Waals surface area (Å²) in [5.41, 5.74) is 2.10. The number of aryl methyl sites for hydroxylation is 2. The second-order valence-electron chi connectivity index (χ2n) is 4.13. The molecule has 1 aromatic carbocycles. The van der Waals surface area contributed by atoms with Gasteiger partial charge in [-0.2, -0.15) is 5.10 Å². The first-order chi connectivity index (χ1) is 8.15. The average molecular weight is 295 g/mol. The Labute approximate surface area is 109 Å². The van der Waals surface area contributed by atoms with E-state index in [1.165, 1.54) is 0 Å². The van der Waals surface area contributed by atoms with Crippen molar-refractivity contribution in [3.63, 3.8) is 0 Å². The van der Waals surface area contributed by atoms with Crippen molar-refractivity contribution in [3.8, 4) is 0 Å². The van der Waals surface area contributed by atoms with Crippen molar-refractivity contribution < 1.29 is 5.11 Å². The number of hydrogen-bond acceptors (Lipinski definition) is 2. The lowest BCUT2D eigenvalue weighted by Gasteiger charge is -2.10. The minimum atomic E-state index is -0.423. The van der Waals surface area contributed by atoms with Crippen LogP contribution in [0.25, 0.3) is 0 Å². The van der Waals surface area contributed by atoms with Crippen molar-refractivity contribution in [2.45, 2.75) is 18.9 Å². The molecule has 2 aromatic rings. The average Bonchev–Trinajstić information content (AvgIpc) is 2.72. The molecule has 2 rings (SSSR count). The van der Waals surface area contributed by atoms with Crippen molar-refractivity contribution >= 4 is 15.9 Å². The number of halogens is 1. The summed E-state index contributed by atoms with van der Waals surface area (Å²) in [4.78, 5) is 0. The predicted molar refractivity (Wildman–Crippen MR) is 70.6 cm³/mol. The molecule has 0 aliphatic rings. The highest BCUT2D eigenvalue weighted by Gasteiger charge is 2.08. The second kappa shape index (κ2) is 5.47. The zero-order chi connectivity index (χ0) is 12.3. The Balaban J connectivity index is 1.95. The van der Waals surface area contributed by atoms with Gasteiger partial charge in [0.15, 0.2) is 0 Å². The summed E-state index contributed by atoms with van der Waals surface area (Å²) in [5.74, 6) is 0. The zero-order valence-electron chi connectivity index (χ0n) is 9.68. The SMILES string of the molecule is Cn1cc(CCC(O)c2cccc(Br)c2)cn1. The molecule has 17 heavy (non-hydrogen) atoms. The molecule has 0 saturated heterocycles. The molecule has 4 heteroatoms. The molecular formula is C13H15BrN2O. The summed E-state index contributed by atoms with van der Waals surface area (Å²) in [6.45, 7) is 0. The lowest BCUT2D eigenvalue weighted by atomic mass is 10.0. The molecule has 0 aliphatic carbocycles. The van der Waals surface area contributed by atoms with Crippen LogP contribution in [0.15, 0.2) is 41.1 Å². The topological polar surface area (TPSA) is 38.0 Å². The Bertz CT molecular complexity index is 496. The van der Waals surface area contributed by atoms with Gasteiger partial charge in [-0.05, 0) is 36.1 Å². The van der Waals surface area contributed by atoms with E-state index in [9.17, 15) is 5.11 Å². The van der Waals surface area contributed by atoms with Crippen molar-refractivity contribution in [1.29, 1.82) is 0 Å². The summed E-state index contributed by atoms with van der Waals surface area (Å²) in [5, 5.41) is 14.2. The largest absolute Gasteiger partial charge is 0.388 e. The van der Waals surface area contributed by atoms with E-state index in [2.05, 4.69) is 21.0 Å². The van der Waals surface area contributed by atoms with Gasteiger partial charge >= 0.3 is 0 Å². The monoisotopic (exact) mass is 294 g/mol. The van der Waals surface area contributed by atoms with Gasteiger partial charge in [0.25, 0.3) is 0 Å². The number of aliphatic hydroxyl groups excluding tert-OH is 1. The van der Waals surface area contributed by atoms with Crippen LogP contribution in [0.1, 0.15) is 23.7 Å². The number of benzene rings is 1. The van der Waals surface area contributed by atoms with Gasteiger partial charge in [-0.1, -0.05) is 28.1 Å². The van der Waals surface area contributed by atoms with Crippen LogP contribution >= 0.6 is 15.9 Å². The van der Waals surface area contributed by atoms with Crippen LogP contribution in [0.2, 0.25) is 0 Å². The van der Waals surface area contributed by atoms with Crippen molar-refractivity contribution in [3.05, 3.63) is 52.3 Å². The summed E-state index contributed by atoms with van der Waals surface area (Å²) in [6, 6.07) is 7.79. The van der Waals surface area contributed by atoms with E-state index in [4.69, 9.17) is 0 Å². The number of nitrogens with zero attached hydrogens (tertiary/aromatic N) is 2. The Morgan fingerprint density at radius 1 is 1.47 bits per heavy atom. The Kier molecular flexibility index (Phi) is 3.97. The first kappa shape index (κ1) is 12.3. The lowest BCUT2D eigenvalue weighted by Crippen LogP contribution is -1.99. The molecule has 1 N–H and O–H groups in total. The van der Waals surface area contributed by atoms with Gasteiger partial charge in [0, 0.05) is 17.7 Å². The van der Waals surface area contributed by atoms with Crippen LogP contribution in [0.3, 0.4) is 0 Å². The second-order valence-corrected chi connectivity index (χ2v) is 5.05. The van der Waals surface area contributed by atoms with E-state index in [-0.39, 0.29) is 0 Å². The van der Waals surface area contributed by atoms with Crippen molar-refractivity contribution in [2.24, 2.45) is 7.05 Å². The molecular weight excluding hydrogens is 280 g/mol. The standard InChI is InChI=1S/C13H15BrN2O/c1-16-9-10(8-15-16)5-6-13(17)11-3-2-4-12(14)7-11/h2-4,7-9,13,17H,5-6H2,1H3. The number of aliphatic hydroxyl groups is 1. The van der Waals surface area contributed by atoms with Crippen LogP contribution < -0.4 is 0 Å². The Morgan fingerprint density at radius 3 is 2.94 bits per heavy atom. The maximum Gasteiger partial charge on any atom is 0.0793 e. The molecule has 1 aromatic heterocycles. The van der Waals surface area contributed by atoms with Gasteiger partial charge in [-0.3, -0.25) is 4.68 Å². The molecule has 0 saturated carbocycles. The van der Waals surface area contributed by atoms with Crippen molar-refractivity contribution in [2.75, 3.05) is 0 Å². The fraction of sp³-hybridized carbons (Fsp3) is 0.308. The molecule has 0 amide bonds. The fourth-order valence-corrected chi connectivity index (χ4v) is 2.20. The molecule has 3 nitrogen and oxygen atoms in total. The molecule has 1 heterocycles. The van der Waals surface area contributed by atoms with Gasteiger partial charge in [0.05, 0.1) is 12.3 Å². The van der Waals surface area contributed by atoms with Gasteiger partial charge in [-0.25, -0.2) is 0 Å².